The van der Waals surface area contributed by atoms with E-state index in [-0.39, 0.29) is 21.0 Å². The predicted octanol–water partition coefficient (Wildman–Crippen LogP) is 11.4. The van der Waals surface area contributed by atoms with Crippen LogP contribution in [0.15, 0.2) is 72.8 Å². The average Bonchev–Trinajstić information content (AvgIpc) is 3.25. The van der Waals surface area contributed by atoms with Crippen molar-refractivity contribution in [1.29, 1.82) is 0 Å². The molecule has 1 aliphatic rings. The minimum atomic E-state index is -3.92. The summed E-state index contributed by atoms with van der Waals surface area (Å²) in [5.74, 6) is 0. The normalized spacial score (nSPS) is 15.6. The van der Waals surface area contributed by atoms with Gasteiger partial charge in [-0.3, -0.25) is 0 Å². The SMILES string of the molecule is Cc1cc(C)[c]([Ge]([Cl])([C](Cl)=Pc2c(C(C)(C)C)cc(C(C)(C)C)cc2C(C)(C)C)[CH]2c3ccccc3-c3ccccc32)c(C)c1. The second-order valence-corrected chi connectivity index (χ2v) is 28.9. The summed E-state index contributed by atoms with van der Waals surface area (Å²) >= 11 is 4.06. The molecule has 0 aliphatic heterocycles. The number of hydrogen-bond acceptors (Lipinski definition) is 0. The summed E-state index contributed by atoms with van der Waals surface area (Å²) in [6.45, 7) is 27.6. The molecule has 0 heterocycles. The van der Waals surface area contributed by atoms with Crippen molar-refractivity contribution in [3.8, 4) is 11.1 Å². The molecule has 1 atom stereocenters. The van der Waals surface area contributed by atoms with Gasteiger partial charge in [0, 0.05) is 0 Å². The number of aryl methyl sites for hydroxylation is 3. The molecular formula is C41H49Cl2GeP. The van der Waals surface area contributed by atoms with E-state index in [1.54, 1.807) is 0 Å². The monoisotopic (exact) mass is 716 g/mol. The van der Waals surface area contributed by atoms with Gasteiger partial charge in [-0.25, -0.2) is 0 Å². The molecule has 1 unspecified atom stereocenters. The Balaban J connectivity index is 1.92. The number of halogens is 2. The summed E-state index contributed by atoms with van der Waals surface area (Å²) in [4.78, 5) is 0. The van der Waals surface area contributed by atoms with Crippen LogP contribution in [-0.4, -0.2) is 15.9 Å². The van der Waals surface area contributed by atoms with Gasteiger partial charge in [-0.05, 0) is 0 Å². The molecule has 4 aromatic rings. The van der Waals surface area contributed by atoms with Crippen LogP contribution in [0.5, 0.6) is 0 Å². The van der Waals surface area contributed by atoms with Crippen LogP contribution in [0.25, 0.3) is 11.1 Å². The van der Waals surface area contributed by atoms with Crippen molar-refractivity contribution < 1.29 is 0 Å². The van der Waals surface area contributed by atoms with Crippen molar-refractivity contribution in [2.45, 2.75) is 104 Å². The Hall–Kier alpha value is -1.83. The maximum atomic E-state index is 8.54. The molecule has 5 rings (SSSR count). The zero-order valence-electron chi connectivity index (χ0n) is 29.2. The van der Waals surface area contributed by atoms with Gasteiger partial charge in [0.2, 0.25) is 0 Å². The minimum absolute atomic E-state index is 0.0321. The van der Waals surface area contributed by atoms with E-state index in [2.05, 4.69) is 156 Å². The van der Waals surface area contributed by atoms with Gasteiger partial charge in [0.05, 0.1) is 0 Å². The second kappa shape index (κ2) is 12.0. The summed E-state index contributed by atoms with van der Waals surface area (Å²) in [6.07, 6.45) is 0. The first-order valence-corrected chi connectivity index (χ1v) is 23.5. The van der Waals surface area contributed by atoms with Gasteiger partial charge in [0.1, 0.15) is 0 Å². The van der Waals surface area contributed by atoms with E-state index in [4.69, 9.17) is 21.6 Å². The third-order valence-corrected chi connectivity index (χ3v) is 26.3. The summed E-state index contributed by atoms with van der Waals surface area (Å²) in [7, 11) is 9.57. The molecule has 0 spiro atoms. The molecule has 0 N–H and O–H groups in total. The van der Waals surface area contributed by atoms with E-state index >= 15 is 0 Å². The van der Waals surface area contributed by atoms with Crippen LogP contribution >= 0.6 is 29.8 Å². The fourth-order valence-corrected chi connectivity index (χ4v) is 23.4. The number of hydrogen-bond donors (Lipinski definition) is 0. The number of rotatable bonds is 4. The quantitative estimate of drug-likeness (QED) is 0.146. The molecule has 236 valence electrons. The fourth-order valence-electron chi connectivity index (χ4n) is 7.22. The Morgan fingerprint density at radius 1 is 0.644 bits per heavy atom. The summed E-state index contributed by atoms with van der Waals surface area (Å²) in [5, 5.41) is 1.32. The first-order valence-electron chi connectivity index (χ1n) is 16.2. The van der Waals surface area contributed by atoms with E-state index in [9.17, 15) is 0 Å². The van der Waals surface area contributed by atoms with Crippen molar-refractivity contribution in [1.82, 2.24) is 0 Å². The Labute approximate surface area is 286 Å². The van der Waals surface area contributed by atoms with Gasteiger partial charge in [0.25, 0.3) is 0 Å². The Morgan fingerprint density at radius 3 is 1.47 bits per heavy atom. The van der Waals surface area contributed by atoms with Crippen molar-refractivity contribution in [3.63, 3.8) is 0 Å². The summed E-state index contributed by atoms with van der Waals surface area (Å²) in [6, 6.07) is 27.2. The number of fused-ring (bicyclic) bond motifs is 3. The van der Waals surface area contributed by atoms with Crippen LogP contribution in [0.4, 0.5) is 0 Å². The Bertz CT molecular complexity index is 1710. The predicted molar refractivity (Wildman–Crippen MR) is 206 cm³/mol. The van der Waals surface area contributed by atoms with Gasteiger partial charge >= 0.3 is 288 Å². The van der Waals surface area contributed by atoms with Crippen molar-refractivity contribution in [2.75, 3.05) is 0 Å². The standard InChI is InChI=1S/C41H49Cl2GeP/c1-25-21-26(2)35(27(3)22-25)44(43,36-31-19-15-13-17-29(31)30-18-14-16-20-32(30)36)38(42)45-37-33(40(7,8)9)23-28(39(4,5)6)24-34(37)41(10,11)12/h13-24,36H,1-12H3. The second-order valence-electron chi connectivity index (χ2n) is 16.2. The average molecular weight is 716 g/mol. The van der Waals surface area contributed by atoms with Gasteiger partial charge in [-0.1, -0.05) is 0 Å². The Kier molecular flexibility index (Phi) is 9.20. The molecule has 0 saturated heterocycles. The molecule has 45 heavy (non-hydrogen) atoms. The van der Waals surface area contributed by atoms with Crippen LogP contribution in [0.2, 0.25) is 0 Å². The maximum absolute atomic E-state index is 8.54. The topological polar surface area (TPSA) is 0 Å². The van der Waals surface area contributed by atoms with E-state index in [1.165, 1.54) is 65.3 Å². The molecule has 4 aromatic carbocycles. The van der Waals surface area contributed by atoms with Crippen molar-refractivity contribution in [3.05, 3.63) is 117 Å². The van der Waals surface area contributed by atoms with Crippen molar-refractivity contribution >= 4 is 55.4 Å². The van der Waals surface area contributed by atoms with E-state index in [1.807, 2.05) is 0 Å². The van der Waals surface area contributed by atoms with Gasteiger partial charge in [-0.15, -0.1) is 0 Å². The van der Waals surface area contributed by atoms with Gasteiger partial charge < -0.3 is 0 Å². The van der Waals surface area contributed by atoms with Crippen LogP contribution in [-0.2, 0) is 16.2 Å². The van der Waals surface area contributed by atoms with Crippen LogP contribution < -0.4 is 9.70 Å². The van der Waals surface area contributed by atoms with Gasteiger partial charge in [-0.2, -0.15) is 0 Å². The third-order valence-electron chi connectivity index (χ3n) is 9.37. The molecule has 0 amide bonds. The van der Waals surface area contributed by atoms with Gasteiger partial charge in [0.15, 0.2) is 0 Å². The molecule has 0 saturated carbocycles. The van der Waals surface area contributed by atoms with E-state index in [0.29, 0.717) is 0 Å². The molecule has 0 bridgehead atoms. The first kappa shape index (κ1) is 34.5. The molecule has 4 heteroatoms. The molecular weight excluding hydrogens is 667 g/mol. The molecule has 0 aromatic heterocycles. The summed E-state index contributed by atoms with van der Waals surface area (Å²) < 4.78 is 2.28. The van der Waals surface area contributed by atoms with Crippen LogP contribution in [0, 0.1) is 20.8 Å². The first-order chi connectivity index (χ1) is 20.8. The van der Waals surface area contributed by atoms with E-state index < -0.39 is 12.3 Å². The summed E-state index contributed by atoms with van der Waals surface area (Å²) in [5.41, 5.74) is 13.0. The molecule has 0 fully saturated rings. The Morgan fingerprint density at radius 2 is 1.07 bits per heavy atom. The van der Waals surface area contributed by atoms with Crippen LogP contribution in [0.1, 0.15) is 112 Å². The zero-order chi connectivity index (χ0) is 33.3. The fraction of sp³-hybridized carbons (Fsp3) is 0.390. The molecule has 0 radical (unpaired) electrons. The van der Waals surface area contributed by atoms with E-state index in [0.717, 1.165) is 11.8 Å². The van der Waals surface area contributed by atoms with Crippen molar-refractivity contribution in [2.24, 2.45) is 0 Å². The molecule has 0 nitrogen and oxygen atoms in total. The third kappa shape index (κ3) is 6.27. The van der Waals surface area contributed by atoms with Crippen LogP contribution in [0.3, 0.4) is 0 Å². The number of benzene rings is 4. The zero-order valence-corrected chi connectivity index (χ0v) is 33.7. The molecule has 1 aliphatic carbocycles.